The topological polar surface area (TPSA) is 163 Å². The highest BCUT2D eigenvalue weighted by Gasteiger charge is 2.32. The summed E-state index contributed by atoms with van der Waals surface area (Å²) in [4.78, 5) is 11.8. The third-order valence-corrected chi connectivity index (χ3v) is 9.24. The SMILES string of the molecule is COCC[C@H](C)Oc1nn(C2CCC(N3C[C@@H](C)O[C@@H](C)C3)CC2)cc1Nc1ncc(-c2ccc(C#N)c(O[C@@H](C)Cn3cnnn3)c2)cn1. The first kappa shape index (κ1) is 35.2. The molecule has 1 saturated carbocycles. The maximum Gasteiger partial charge on any atom is 0.257 e. The minimum absolute atomic E-state index is 0.0911. The van der Waals surface area contributed by atoms with E-state index in [1.54, 1.807) is 30.3 Å². The molecule has 0 radical (unpaired) electrons. The van der Waals surface area contributed by atoms with Gasteiger partial charge in [-0.1, -0.05) is 6.07 Å². The fourth-order valence-electron chi connectivity index (χ4n) is 6.81. The Kier molecular flexibility index (Phi) is 11.5. The van der Waals surface area contributed by atoms with Crippen molar-refractivity contribution in [3.8, 4) is 28.8 Å². The van der Waals surface area contributed by atoms with Crippen LogP contribution in [-0.2, 0) is 16.0 Å². The minimum atomic E-state index is -0.273. The lowest BCUT2D eigenvalue weighted by Gasteiger charge is -2.42. The van der Waals surface area contributed by atoms with E-state index < -0.39 is 0 Å². The number of hydrogen-bond acceptors (Lipinski definition) is 13. The van der Waals surface area contributed by atoms with Gasteiger partial charge in [-0.3, -0.25) is 9.58 Å². The molecule has 1 N–H and O–H groups in total. The van der Waals surface area contributed by atoms with E-state index in [0.717, 1.165) is 56.3 Å². The van der Waals surface area contributed by atoms with Crippen LogP contribution in [-0.4, -0.2) is 102 Å². The van der Waals surface area contributed by atoms with Crippen LogP contribution in [0.3, 0.4) is 0 Å². The van der Waals surface area contributed by atoms with E-state index in [-0.39, 0.29) is 30.5 Å². The van der Waals surface area contributed by atoms with Crippen molar-refractivity contribution in [2.75, 3.05) is 32.1 Å². The molecule has 0 bridgehead atoms. The number of anilines is 2. The molecule has 4 atom stereocenters. The van der Waals surface area contributed by atoms with Gasteiger partial charge in [0.15, 0.2) is 0 Å². The number of ether oxygens (including phenoxy) is 4. The van der Waals surface area contributed by atoms with Gasteiger partial charge in [-0.05, 0) is 81.5 Å². The van der Waals surface area contributed by atoms with Crippen molar-refractivity contribution in [2.45, 2.75) is 103 Å². The zero-order valence-corrected chi connectivity index (χ0v) is 29.5. The Morgan fingerprint density at radius 3 is 2.42 bits per heavy atom. The third-order valence-electron chi connectivity index (χ3n) is 9.24. The van der Waals surface area contributed by atoms with E-state index in [1.807, 2.05) is 32.2 Å². The number of morpholine rings is 1. The van der Waals surface area contributed by atoms with Crippen molar-refractivity contribution >= 4 is 11.6 Å². The van der Waals surface area contributed by atoms with Crippen molar-refractivity contribution in [1.29, 1.82) is 5.26 Å². The highest BCUT2D eigenvalue weighted by atomic mass is 16.5. The van der Waals surface area contributed by atoms with Crippen LogP contribution in [0.2, 0.25) is 0 Å². The number of nitriles is 1. The molecule has 0 amide bonds. The van der Waals surface area contributed by atoms with Gasteiger partial charge < -0.3 is 24.3 Å². The van der Waals surface area contributed by atoms with Crippen molar-refractivity contribution in [3.63, 3.8) is 0 Å². The first-order chi connectivity index (χ1) is 24.3. The minimum Gasteiger partial charge on any atom is -0.487 e. The van der Waals surface area contributed by atoms with Crippen LogP contribution in [0.4, 0.5) is 11.6 Å². The van der Waals surface area contributed by atoms with Gasteiger partial charge in [0, 0.05) is 57.2 Å². The van der Waals surface area contributed by atoms with Crippen molar-refractivity contribution in [2.24, 2.45) is 0 Å². The number of benzene rings is 1. The zero-order chi connectivity index (χ0) is 35.0. The molecule has 266 valence electrons. The number of nitrogens with zero attached hydrogens (tertiary/aromatic N) is 10. The molecule has 3 aromatic heterocycles. The largest absolute Gasteiger partial charge is 0.487 e. The summed E-state index contributed by atoms with van der Waals surface area (Å²) in [7, 11) is 1.69. The summed E-state index contributed by atoms with van der Waals surface area (Å²) >= 11 is 0. The summed E-state index contributed by atoms with van der Waals surface area (Å²) in [5.74, 6) is 1.40. The normalized spacial score (nSPS) is 22.4. The summed E-state index contributed by atoms with van der Waals surface area (Å²) in [5, 5.41) is 29.2. The summed E-state index contributed by atoms with van der Waals surface area (Å²) < 4.78 is 27.3. The Morgan fingerprint density at radius 2 is 1.74 bits per heavy atom. The molecule has 1 saturated heterocycles. The van der Waals surface area contributed by atoms with E-state index in [0.29, 0.717) is 48.0 Å². The fourth-order valence-corrected chi connectivity index (χ4v) is 6.81. The van der Waals surface area contributed by atoms with Crippen LogP contribution >= 0.6 is 0 Å². The molecule has 2 fully saturated rings. The van der Waals surface area contributed by atoms with E-state index in [9.17, 15) is 5.26 Å². The molecule has 2 aliphatic rings. The first-order valence-electron chi connectivity index (χ1n) is 17.4. The van der Waals surface area contributed by atoms with Crippen LogP contribution in [0, 0.1) is 11.3 Å². The highest BCUT2D eigenvalue weighted by molar-refractivity contribution is 5.67. The monoisotopic (exact) mass is 685 g/mol. The lowest BCUT2D eigenvalue weighted by atomic mass is 9.89. The first-order valence-corrected chi connectivity index (χ1v) is 17.4. The number of methoxy groups -OCH3 is 1. The Morgan fingerprint density at radius 1 is 1.00 bits per heavy atom. The second-order valence-corrected chi connectivity index (χ2v) is 13.4. The van der Waals surface area contributed by atoms with Gasteiger partial charge in [0.1, 0.15) is 29.9 Å². The van der Waals surface area contributed by atoms with E-state index in [2.05, 4.69) is 60.3 Å². The Hall–Kier alpha value is -4.65. The highest BCUT2D eigenvalue weighted by Crippen LogP contribution is 2.36. The van der Waals surface area contributed by atoms with Gasteiger partial charge in [-0.2, -0.15) is 5.26 Å². The van der Waals surface area contributed by atoms with Crippen LogP contribution in [0.5, 0.6) is 11.6 Å². The average molecular weight is 686 g/mol. The maximum absolute atomic E-state index is 9.68. The number of tetrazole rings is 1. The molecule has 0 unspecified atom stereocenters. The second kappa shape index (κ2) is 16.4. The Bertz CT molecular complexity index is 1690. The third kappa shape index (κ3) is 8.92. The molecule has 0 spiro atoms. The molecule has 15 nitrogen and oxygen atoms in total. The fraction of sp³-hybridized carbons (Fsp3) is 0.571. The molecule has 1 aliphatic heterocycles. The van der Waals surface area contributed by atoms with Crippen LogP contribution in [0.1, 0.15) is 71.4 Å². The quantitative estimate of drug-likeness (QED) is 0.193. The average Bonchev–Trinajstić information content (AvgIpc) is 3.77. The van der Waals surface area contributed by atoms with Gasteiger partial charge in [-0.25, -0.2) is 14.6 Å². The summed E-state index contributed by atoms with van der Waals surface area (Å²) in [6, 6.07) is 8.47. The van der Waals surface area contributed by atoms with Crippen molar-refractivity contribution in [1.82, 2.24) is 44.9 Å². The molecular formula is C35H47N11O4. The molecule has 4 heterocycles. The van der Waals surface area contributed by atoms with Gasteiger partial charge in [0.05, 0.1) is 42.7 Å². The predicted octanol–water partition coefficient (Wildman–Crippen LogP) is 4.81. The standard InChI is InChI=1S/C35H47N11O4/c1-23(12-13-47-5)50-34-32(21-46(41-34)31-10-8-30(9-11-31)44-18-24(2)48-25(3)19-44)40-35-37-16-29(17-38-35)27-6-7-28(15-36)33(14-27)49-26(4)20-45-22-39-42-43-45/h6-7,14,16-17,21-26,30-31H,8-13,18-20H2,1-5H3,(H,37,38,40)/t23-,24-,25+,26-,30?,31?/m0/s1. The Labute approximate surface area is 292 Å². The van der Waals surface area contributed by atoms with Gasteiger partial charge in [0.2, 0.25) is 5.95 Å². The molecule has 6 rings (SSSR count). The molecule has 15 heteroatoms. The number of nitrogens with one attached hydrogen (secondary N) is 1. The smallest absolute Gasteiger partial charge is 0.257 e. The summed E-state index contributed by atoms with van der Waals surface area (Å²) in [5.41, 5.74) is 2.74. The van der Waals surface area contributed by atoms with Crippen LogP contribution < -0.4 is 14.8 Å². The molecule has 1 aliphatic carbocycles. The maximum atomic E-state index is 9.68. The summed E-state index contributed by atoms with van der Waals surface area (Å²) in [6.45, 7) is 11.3. The lowest BCUT2D eigenvalue weighted by molar-refractivity contribution is -0.0852. The van der Waals surface area contributed by atoms with Gasteiger partial charge in [-0.15, -0.1) is 10.2 Å². The number of hydrogen-bond donors (Lipinski definition) is 1. The van der Waals surface area contributed by atoms with Crippen molar-refractivity contribution in [3.05, 3.63) is 48.7 Å². The number of rotatable bonds is 14. The van der Waals surface area contributed by atoms with Crippen LogP contribution in [0.15, 0.2) is 43.1 Å². The molecule has 50 heavy (non-hydrogen) atoms. The predicted molar refractivity (Wildman–Crippen MR) is 185 cm³/mol. The Balaban J connectivity index is 1.14. The molecule has 1 aromatic carbocycles. The summed E-state index contributed by atoms with van der Waals surface area (Å²) in [6.07, 6.45) is 12.3. The molecule has 4 aromatic rings. The lowest BCUT2D eigenvalue weighted by Crippen LogP contribution is -2.51. The van der Waals surface area contributed by atoms with Crippen LogP contribution in [0.25, 0.3) is 11.1 Å². The number of aromatic nitrogens is 8. The van der Waals surface area contributed by atoms with E-state index in [1.165, 1.54) is 6.33 Å². The van der Waals surface area contributed by atoms with Gasteiger partial charge in [0.25, 0.3) is 5.88 Å². The van der Waals surface area contributed by atoms with E-state index >= 15 is 0 Å². The molecular weight excluding hydrogens is 638 g/mol. The van der Waals surface area contributed by atoms with Crippen molar-refractivity contribution < 1.29 is 18.9 Å². The van der Waals surface area contributed by atoms with E-state index in [4.69, 9.17) is 24.0 Å². The second-order valence-electron chi connectivity index (χ2n) is 13.4. The van der Waals surface area contributed by atoms with Gasteiger partial charge >= 0.3 is 0 Å². The zero-order valence-electron chi connectivity index (χ0n) is 29.5.